The highest BCUT2D eigenvalue weighted by atomic mass is 16.5. The molecule has 0 aliphatic carbocycles. The van der Waals surface area contributed by atoms with Crippen LogP contribution in [-0.2, 0) is 4.74 Å². The summed E-state index contributed by atoms with van der Waals surface area (Å²) in [6.45, 7) is 7.63. The van der Waals surface area contributed by atoms with Gasteiger partial charge in [-0.05, 0) is 52.0 Å². The van der Waals surface area contributed by atoms with Crippen LogP contribution in [0.15, 0.2) is 42.7 Å². The molecule has 1 aromatic carbocycles. The summed E-state index contributed by atoms with van der Waals surface area (Å²) in [5.41, 5.74) is 4.95. The van der Waals surface area contributed by atoms with Gasteiger partial charge in [0.2, 0.25) is 0 Å². The molecule has 1 N–H and O–H groups in total. The van der Waals surface area contributed by atoms with Crippen LogP contribution >= 0.6 is 0 Å². The number of nitrogens with zero attached hydrogens (tertiary/aromatic N) is 5. The summed E-state index contributed by atoms with van der Waals surface area (Å²) in [5, 5.41) is 11.5. The van der Waals surface area contributed by atoms with Crippen LogP contribution in [-0.4, -0.2) is 42.9 Å². The molecule has 4 rings (SSSR count). The van der Waals surface area contributed by atoms with Gasteiger partial charge in [-0.2, -0.15) is 10.2 Å². The number of amides is 1. The Bertz CT molecular complexity index is 1300. The molecule has 3 aromatic heterocycles. The topological polar surface area (TPSA) is 103 Å². The van der Waals surface area contributed by atoms with Gasteiger partial charge in [0.1, 0.15) is 11.1 Å². The minimum Gasteiger partial charge on any atom is -0.462 e. The Balaban J connectivity index is 1.62. The summed E-state index contributed by atoms with van der Waals surface area (Å²) < 4.78 is 8.34. The molecule has 0 spiro atoms. The Kier molecular flexibility index (Phi) is 5.24. The number of fused-ring (bicyclic) bond motifs is 1. The average molecular weight is 418 g/mol. The highest BCUT2D eigenvalue weighted by molar-refractivity contribution is 6.08. The number of ether oxygens (including phenoxy) is 1. The lowest BCUT2D eigenvalue weighted by atomic mass is 10.2. The number of rotatable bonds is 5. The van der Waals surface area contributed by atoms with Crippen LogP contribution in [0.25, 0.3) is 11.3 Å². The van der Waals surface area contributed by atoms with Crippen LogP contribution in [0.5, 0.6) is 0 Å². The molecule has 0 saturated carbocycles. The average Bonchev–Trinajstić information content (AvgIpc) is 3.32. The monoisotopic (exact) mass is 418 g/mol. The lowest BCUT2D eigenvalue weighted by Gasteiger charge is -2.09. The summed E-state index contributed by atoms with van der Waals surface area (Å²) >= 11 is 0. The number of esters is 1. The Morgan fingerprint density at radius 3 is 2.61 bits per heavy atom. The van der Waals surface area contributed by atoms with E-state index in [1.165, 1.54) is 12.4 Å². The molecule has 0 unspecified atom stereocenters. The molecule has 0 aliphatic rings. The zero-order chi connectivity index (χ0) is 22.1. The molecule has 1 amide bonds. The van der Waals surface area contributed by atoms with Crippen molar-refractivity contribution >= 4 is 23.2 Å². The SMILES string of the molecule is CCOC(=O)c1cnn(-c2cccc(NC(=O)c3cnn4c(C)cc(C)nc34)c2)c1C. The molecule has 0 saturated heterocycles. The first-order valence-electron chi connectivity index (χ1n) is 9.84. The summed E-state index contributed by atoms with van der Waals surface area (Å²) in [6, 6.07) is 9.11. The van der Waals surface area contributed by atoms with Gasteiger partial charge in [0.25, 0.3) is 5.91 Å². The van der Waals surface area contributed by atoms with Gasteiger partial charge in [0.05, 0.1) is 30.4 Å². The summed E-state index contributed by atoms with van der Waals surface area (Å²) in [7, 11) is 0. The van der Waals surface area contributed by atoms with Crippen molar-refractivity contribution in [1.29, 1.82) is 0 Å². The summed E-state index contributed by atoms with van der Waals surface area (Å²) in [5.74, 6) is -0.726. The lowest BCUT2D eigenvalue weighted by Crippen LogP contribution is -2.13. The second-order valence-electron chi connectivity index (χ2n) is 7.11. The van der Waals surface area contributed by atoms with Crippen molar-refractivity contribution in [2.75, 3.05) is 11.9 Å². The summed E-state index contributed by atoms with van der Waals surface area (Å²) in [6.07, 6.45) is 2.99. The summed E-state index contributed by atoms with van der Waals surface area (Å²) in [4.78, 5) is 29.4. The maximum Gasteiger partial charge on any atom is 0.341 e. The van der Waals surface area contributed by atoms with Crippen LogP contribution in [0, 0.1) is 20.8 Å². The third kappa shape index (κ3) is 3.77. The number of benzene rings is 1. The van der Waals surface area contributed by atoms with E-state index in [0.29, 0.717) is 40.4 Å². The standard InChI is InChI=1S/C22H22N6O3/c1-5-31-22(30)18-11-24-28(15(18)4)17-8-6-7-16(10-17)26-21(29)19-12-23-27-14(3)9-13(2)25-20(19)27/h6-12H,5H2,1-4H3,(H,26,29). The molecule has 3 heterocycles. The highest BCUT2D eigenvalue weighted by Gasteiger charge is 2.18. The van der Waals surface area contributed by atoms with Crippen molar-refractivity contribution in [2.45, 2.75) is 27.7 Å². The third-order valence-electron chi connectivity index (χ3n) is 4.88. The first kappa shape index (κ1) is 20.3. The second kappa shape index (κ2) is 8.02. The van der Waals surface area contributed by atoms with E-state index in [-0.39, 0.29) is 5.91 Å². The van der Waals surface area contributed by atoms with Gasteiger partial charge in [-0.15, -0.1) is 0 Å². The molecule has 0 radical (unpaired) electrons. The van der Waals surface area contributed by atoms with E-state index in [1.54, 1.807) is 41.2 Å². The fourth-order valence-corrected chi connectivity index (χ4v) is 3.42. The Hall–Kier alpha value is -4.01. The van der Waals surface area contributed by atoms with Gasteiger partial charge in [-0.3, -0.25) is 4.79 Å². The Morgan fingerprint density at radius 2 is 1.84 bits per heavy atom. The van der Waals surface area contributed by atoms with Gasteiger partial charge in [-0.25, -0.2) is 19.0 Å². The van der Waals surface area contributed by atoms with Crippen LogP contribution in [0.2, 0.25) is 0 Å². The Labute approximate surface area is 178 Å². The molecule has 0 fully saturated rings. The predicted molar refractivity (Wildman–Crippen MR) is 115 cm³/mol. The van der Waals surface area contributed by atoms with Gasteiger partial charge in [-0.1, -0.05) is 6.07 Å². The number of hydrogen-bond donors (Lipinski definition) is 1. The molecule has 0 aliphatic heterocycles. The predicted octanol–water partition coefficient (Wildman–Crippen LogP) is 3.27. The van der Waals surface area contributed by atoms with Gasteiger partial charge in [0.15, 0.2) is 5.65 Å². The van der Waals surface area contributed by atoms with Crippen molar-refractivity contribution in [1.82, 2.24) is 24.4 Å². The molecule has 4 aromatic rings. The van der Waals surface area contributed by atoms with Crippen molar-refractivity contribution < 1.29 is 14.3 Å². The van der Waals surface area contributed by atoms with Crippen molar-refractivity contribution in [3.05, 3.63) is 70.9 Å². The number of carbonyl (C=O) groups excluding carboxylic acids is 2. The third-order valence-corrected chi connectivity index (χ3v) is 4.88. The van der Waals surface area contributed by atoms with E-state index in [9.17, 15) is 9.59 Å². The van der Waals surface area contributed by atoms with Crippen LogP contribution in [0.4, 0.5) is 5.69 Å². The molecule has 9 heteroatoms. The number of nitrogens with one attached hydrogen (secondary N) is 1. The van der Waals surface area contributed by atoms with Gasteiger partial charge >= 0.3 is 5.97 Å². The normalized spacial score (nSPS) is 11.0. The number of hydrogen-bond acceptors (Lipinski definition) is 6. The largest absolute Gasteiger partial charge is 0.462 e. The van der Waals surface area contributed by atoms with Crippen molar-refractivity contribution in [3.63, 3.8) is 0 Å². The molecule has 158 valence electrons. The zero-order valence-corrected chi connectivity index (χ0v) is 17.7. The number of aryl methyl sites for hydroxylation is 2. The Morgan fingerprint density at radius 1 is 1.06 bits per heavy atom. The lowest BCUT2D eigenvalue weighted by molar-refractivity contribution is 0.0525. The second-order valence-corrected chi connectivity index (χ2v) is 7.11. The van der Waals surface area contributed by atoms with E-state index in [0.717, 1.165) is 11.4 Å². The minimum absolute atomic E-state index is 0.294. The molecule has 9 nitrogen and oxygen atoms in total. The number of anilines is 1. The van der Waals surface area contributed by atoms with Crippen LogP contribution < -0.4 is 5.32 Å². The molecule has 0 bridgehead atoms. The highest BCUT2D eigenvalue weighted by Crippen LogP contribution is 2.20. The quantitative estimate of drug-likeness (QED) is 0.499. The van der Waals surface area contributed by atoms with E-state index < -0.39 is 5.97 Å². The van der Waals surface area contributed by atoms with Crippen molar-refractivity contribution in [3.8, 4) is 5.69 Å². The maximum absolute atomic E-state index is 12.9. The first-order valence-corrected chi connectivity index (χ1v) is 9.84. The first-order chi connectivity index (χ1) is 14.9. The molecule has 31 heavy (non-hydrogen) atoms. The minimum atomic E-state index is -0.415. The van der Waals surface area contributed by atoms with E-state index in [1.807, 2.05) is 26.0 Å². The maximum atomic E-state index is 12.9. The molecular formula is C22H22N6O3. The fourth-order valence-electron chi connectivity index (χ4n) is 3.42. The van der Waals surface area contributed by atoms with E-state index >= 15 is 0 Å². The number of carbonyl (C=O) groups is 2. The van der Waals surface area contributed by atoms with Crippen LogP contribution in [0.1, 0.15) is 44.7 Å². The van der Waals surface area contributed by atoms with E-state index in [4.69, 9.17) is 4.74 Å². The van der Waals surface area contributed by atoms with Gasteiger partial charge in [0, 0.05) is 17.1 Å². The molecule has 0 atom stereocenters. The zero-order valence-electron chi connectivity index (χ0n) is 17.7. The fraction of sp³-hybridized carbons (Fsp3) is 0.227. The van der Waals surface area contributed by atoms with Gasteiger partial charge < -0.3 is 10.1 Å². The van der Waals surface area contributed by atoms with Crippen molar-refractivity contribution in [2.24, 2.45) is 0 Å². The molecular weight excluding hydrogens is 396 g/mol. The van der Waals surface area contributed by atoms with Crippen LogP contribution in [0.3, 0.4) is 0 Å². The van der Waals surface area contributed by atoms with E-state index in [2.05, 4.69) is 20.5 Å². The number of aromatic nitrogens is 5. The smallest absolute Gasteiger partial charge is 0.341 e.